The maximum absolute atomic E-state index is 13.1. The van der Waals surface area contributed by atoms with Gasteiger partial charge in [-0.3, -0.25) is 4.79 Å². The molecule has 1 aromatic carbocycles. The highest BCUT2D eigenvalue weighted by Crippen LogP contribution is 2.19. The lowest BCUT2D eigenvalue weighted by atomic mass is 9.94. The molecule has 1 fully saturated rings. The summed E-state index contributed by atoms with van der Waals surface area (Å²) in [6.45, 7) is 2.89. The zero-order valence-corrected chi connectivity index (χ0v) is 10.9. The number of halogens is 1. The Kier molecular flexibility index (Phi) is 4.17. The monoisotopic (exact) mass is 267 g/mol. The van der Waals surface area contributed by atoms with Crippen molar-refractivity contribution in [2.45, 2.75) is 25.4 Å². The van der Waals surface area contributed by atoms with Gasteiger partial charge in [0.15, 0.2) is 0 Å². The van der Waals surface area contributed by atoms with Crippen molar-refractivity contribution < 1.29 is 19.0 Å². The van der Waals surface area contributed by atoms with Crippen molar-refractivity contribution in [2.75, 3.05) is 19.8 Å². The van der Waals surface area contributed by atoms with Crippen molar-refractivity contribution in [1.29, 1.82) is 0 Å². The lowest BCUT2D eigenvalue weighted by Crippen LogP contribution is -2.46. The molecule has 0 radical (unpaired) electrons. The number of aryl methyl sites for hydroxylation is 1. The minimum atomic E-state index is -0.921. The first kappa shape index (κ1) is 14.0. The molecule has 19 heavy (non-hydrogen) atoms. The largest absolute Gasteiger partial charge is 0.388 e. The maximum atomic E-state index is 13.1. The number of hydrogen-bond donors (Lipinski definition) is 2. The van der Waals surface area contributed by atoms with E-state index in [9.17, 15) is 14.3 Å². The fourth-order valence-corrected chi connectivity index (χ4v) is 2.11. The highest BCUT2D eigenvalue weighted by Gasteiger charge is 2.30. The quantitative estimate of drug-likeness (QED) is 0.870. The van der Waals surface area contributed by atoms with E-state index in [-0.39, 0.29) is 12.5 Å². The first-order valence-electron chi connectivity index (χ1n) is 6.35. The molecule has 1 amide bonds. The number of carbonyl (C=O) groups is 1. The standard InChI is InChI=1S/C14H18FNO3/c1-10-2-3-11(15)8-12(10)13(17)16-9-14(18)4-6-19-7-5-14/h2-3,8,18H,4-7,9H2,1H3,(H,16,17). The van der Waals surface area contributed by atoms with Crippen LogP contribution in [0.1, 0.15) is 28.8 Å². The maximum Gasteiger partial charge on any atom is 0.251 e. The van der Waals surface area contributed by atoms with Gasteiger partial charge in [-0.1, -0.05) is 6.07 Å². The molecule has 0 saturated carbocycles. The molecule has 0 aromatic heterocycles. The molecule has 0 unspecified atom stereocenters. The van der Waals surface area contributed by atoms with E-state index in [0.29, 0.717) is 37.2 Å². The van der Waals surface area contributed by atoms with Crippen LogP contribution in [-0.2, 0) is 4.74 Å². The molecule has 1 heterocycles. The summed E-state index contributed by atoms with van der Waals surface area (Å²) in [5, 5.41) is 12.9. The molecule has 0 bridgehead atoms. The lowest BCUT2D eigenvalue weighted by Gasteiger charge is -2.32. The predicted octanol–water partition coefficient (Wildman–Crippen LogP) is 1.41. The van der Waals surface area contributed by atoms with Gasteiger partial charge in [0.2, 0.25) is 0 Å². The SMILES string of the molecule is Cc1ccc(F)cc1C(=O)NCC1(O)CCOCC1. The molecular weight excluding hydrogens is 249 g/mol. The summed E-state index contributed by atoms with van der Waals surface area (Å²) < 4.78 is 18.3. The normalized spacial score (nSPS) is 18.1. The van der Waals surface area contributed by atoms with E-state index in [0.717, 1.165) is 0 Å². The van der Waals surface area contributed by atoms with E-state index in [2.05, 4.69) is 5.32 Å². The van der Waals surface area contributed by atoms with Crippen molar-refractivity contribution in [3.63, 3.8) is 0 Å². The van der Waals surface area contributed by atoms with Crippen molar-refractivity contribution in [2.24, 2.45) is 0 Å². The molecule has 1 aliphatic rings. The van der Waals surface area contributed by atoms with E-state index in [1.807, 2.05) is 0 Å². The topological polar surface area (TPSA) is 58.6 Å². The van der Waals surface area contributed by atoms with Gasteiger partial charge in [-0.2, -0.15) is 0 Å². The van der Waals surface area contributed by atoms with Gasteiger partial charge in [-0.25, -0.2) is 4.39 Å². The molecule has 4 nitrogen and oxygen atoms in total. The molecule has 104 valence electrons. The Labute approximate surface area is 111 Å². The zero-order chi connectivity index (χ0) is 13.9. The Bertz CT molecular complexity index is 470. The number of hydrogen-bond acceptors (Lipinski definition) is 3. The predicted molar refractivity (Wildman–Crippen MR) is 68.5 cm³/mol. The van der Waals surface area contributed by atoms with E-state index in [4.69, 9.17) is 4.74 Å². The summed E-state index contributed by atoms with van der Waals surface area (Å²) in [6.07, 6.45) is 0.991. The summed E-state index contributed by atoms with van der Waals surface area (Å²) in [5.74, 6) is -0.808. The molecule has 1 aromatic rings. The number of rotatable bonds is 3. The van der Waals surface area contributed by atoms with E-state index < -0.39 is 11.4 Å². The molecule has 5 heteroatoms. The Morgan fingerprint density at radius 3 is 2.84 bits per heavy atom. The molecule has 1 aliphatic heterocycles. The fourth-order valence-electron chi connectivity index (χ4n) is 2.11. The summed E-state index contributed by atoms with van der Waals surface area (Å²) >= 11 is 0. The second-order valence-corrected chi connectivity index (χ2v) is 4.98. The summed E-state index contributed by atoms with van der Waals surface area (Å²) in [5.41, 5.74) is 0.0864. The number of ether oxygens (including phenoxy) is 1. The molecule has 0 aliphatic carbocycles. The number of carbonyl (C=O) groups excluding carboxylic acids is 1. The Morgan fingerprint density at radius 2 is 2.16 bits per heavy atom. The van der Waals surface area contributed by atoms with Gasteiger partial charge in [-0.15, -0.1) is 0 Å². The minimum Gasteiger partial charge on any atom is -0.388 e. The molecule has 0 spiro atoms. The van der Waals surface area contributed by atoms with Crippen LogP contribution in [0.15, 0.2) is 18.2 Å². The number of amides is 1. The van der Waals surface area contributed by atoms with Crippen LogP contribution in [-0.4, -0.2) is 36.4 Å². The van der Waals surface area contributed by atoms with Gasteiger partial charge >= 0.3 is 0 Å². The van der Waals surface area contributed by atoms with Crippen LogP contribution in [0.3, 0.4) is 0 Å². The first-order chi connectivity index (χ1) is 9.00. The highest BCUT2D eigenvalue weighted by molar-refractivity contribution is 5.95. The van der Waals surface area contributed by atoms with Crippen LogP contribution in [0.25, 0.3) is 0 Å². The minimum absolute atomic E-state index is 0.158. The summed E-state index contributed by atoms with van der Waals surface area (Å²) in [4.78, 5) is 12.0. The smallest absolute Gasteiger partial charge is 0.251 e. The first-order valence-corrected chi connectivity index (χ1v) is 6.35. The highest BCUT2D eigenvalue weighted by atomic mass is 19.1. The third-order valence-electron chi connectivity index (χ3n) is 3.45. The van der Waals surface area contributed by atoms with Crippen LogP contribution >= 0.6 is 0 Å². The van der Waals surface area contributed by atoms with Gasteiger partial charge in [0.05, 0.1) is 5.60 Å². The van der Waals surface area contributed by atoms with Gasteiger partial charge in [-0.05, 0) is 24.6 Å². The number of aliphatic hydroxyl groups is 1. The molecular formula is C14H18FNO3. The number of nitrogens with one attached hydrogen (secondary N) is 1. The van der Waals surface area contributed by atoms with Crippen LogP contribution < -0.4 is 5.32 Å². The van der Waals surface area contributed by atoms with Crippen molar-refractivity contribution in [1.82, 2.24) is 5.32 Å². The van der Waals surface area contributed by atoms with Crippen molar-refractivity contribution in [3.05, 3.63) is 35.1 Å². The molecule has 2 rings (SSSR count). The van der Waals surface area contributed by atoms with Gasteiger partial charge in [0.1, 0.15) is 5.82 Å². The zero-order valence-electron chi connectivity index (χ0n) is 10.9. The second kappa shape index (κ2) is 5.67. The van der Waals surface area contributed by atoms with E-state index >= 15 is 0 Å². The Hall–Kier alpha value is -1.46. The van der Waals surface area contributed by atoms with Gasteiger partial charge in [0.25, 0.3) is 5.91 Å². The van der Waals surface area contributed by atoms with Crippen LogP contribution in [0.2, 0.25) is 0 Å². The van der Waals surface area contributed by atoms with Gasteiger partial charge in [0, 0.05) is 38.2 Å². The van der Waals surface area contributed by atoms with Crippen molar-refractivity contribution in [3.8, 4) is 0 Å². The average Bonchev–Trinajstić information content (AvgIpc) is 2.40. The third-order valence-corrected chi connectivity index (χ3v) is 3.45. The van der Waals surface area contributed by atoms with Gasteiger partial charge < -0.3 is 15.2 Å². The van der Waals surface area contributed by atoms with Crippen LogP contribution in [0.4, 0.5) is 4.39 Å². The fraction of sp³-hybridized carbons (Fsp3) is 0.500. The number of benzene rings is 1. The van der Waals surface area contributed by atoms with E-state index in [1.165, 1.54) is 12.1 Å². The summed E-state index contributed by atoms with van der Waals surface area (Å²) in [6, 6.07) is 4.09. The molecule has 2 N–H and O–H groups in total. The van der Waals surface area contributed by atoms with Crippen LogP contribution in [0, 0.1) is 12.7 Å². The van der Waals surface area contributed by atoms with E-state index in [1.54, 1.807) is 13.0 Å². The molecule has 0 atom stereocenters. The molecule has 1 saturated heterocycles. The summed E-state index contributed by atoms with van der Waals surface area (Å²) in [7, 11) is 0. The Balaban J connectivity index is 1.99. The third kappa shape index (κ3) is 3.52. The second-order valence-electron chi connectivity index (χ2n) is 4.98. The average molecular weight is 267 g/mol. The van der Waals surface area contributed by atoms with Crippen LogP contribution in [0.5, 0.6) is 0 Å². The lowest BCUT2D eigenvalue weighted by molar-refractivity contribution is -0.0605. The van der Waals surface area contributed by atoms with Crippen molar-refractivity contribution >= 4 is 5.91 Å². The Morgan fingerprint density at radius 1 is 1.47 bits per heavy atom.